The van der Waals surface area contributed by atoms with E-state index in [4.69, 9.17) is 11.5 Å². The van der Waals surface area contributed by atoms with Crippen molar-refractivity contribution in [3.8, 4) is 0 Å². The quantitative estimate of drug-likeness (QED) is 0.105. The second-order valence-electron chi connectivity index (χ2n) is 12.7. The van der Waals surface area contributed by atoms with Crippen molar-refractivity contribution >= 4 is 29.6 Å². The van der Waals surface area contributed by atoms with Crippen molar-refractivity contribution in [2.75, 3.05) is 6.54 Å². The Morgan fingerprint density at radius 1 is 0.660 bits per heavy atom. The van der Waals surface area contributed by atoms with Crippen LogP contribution in [0.15, 0.2) is 60.7 Å². The van der Waals surface area contributed by atoms with Crippen molar-refractivity contribution in [3.63, 3.8) is 0 Å². The second-order valence-corrected chi connectivity index (χ2v) is 12.7. The summed E-state index contributed by atoms with van der Waals surface area (Å²) in [6.07, 6.45) is 2.02. The summed E-state index contributed by atoms with van der Waals surface area (Å²) in [5, 5.41) is 20.5. The Morgan fingerprint density at radius 3 is 1.68 bits per heavy atom. The zero-order valence-electron chi connectivity index (χ0n) is 27.9. The van der Waals surface area contributed by atoms with Gasteiger partial charge in [-0.1, -0.05) is 88.4 Å². The SMILES string of the molecule is CC(C)C[C@H](NC(=O)[C@@H](NC(=O)[C@H](Cc1ccccc1)NC(=O)[C@@H](N)Cc1ccccc1)C(C)C)C(=O)N[C@@H](CCCCN)C(=O)O. The number of nitrogens with two attached hydrogens (primary N) is 2. The summed E-state index contributed by atoms with van der Waals surface area (Å²) in [4.78, 5) is 65.5. The van der Waals surface area contributed by atoms with E-state index >= 15 is 0 Å². The van der Waals surface area contributed by atoms with Crippen LogP contribution in [0.25, 0.3) is 0 Å². The highest BCUT2D eigenvalue weighted by Crippen LogP contribution is 2.11. The molecule has 258 valence electrons. The predicted octanol–water partition coefficient (Wildman–Crippen LogP) is 1.65. The van der Waals surface area contributed by atoms with E-state index in [1.165, 1.54) is 0 Å². The van der Waals surface area contributed by atoms with Crippen LogP contribution < -0.4 is 32.7 Å². The molecule has 5 atom stereocenters. The highest BCUT2D eigenvalue weighted by molar-refractivity contribution is 5.95. The van der Waals surface area contributed by atoms with Crippen molar-refractivity contribution in [3.05, 3.63) is 71.8 Å². The van der Waals surface area contributed by atoms with Crippen molar-refractivity contribution in [1.29, 1.82) is 0 Å². The Labute approximate surface area is 277 Å². The van der Waals surface area contributed by atoms with Gasteiger partial charge in [-0.05, 0) is 61.6 Å². The van der Waals surface area contributed by atoms with Crippen LogP contribution in [0.2, 0.25) is 0 Å². The van der Waals surface area contributed by atoms with E-state index in [1.807, 2.05) is 74.5 Å². The van der Waals surface area contributed by atoms with Crippen LogP contribution in [0.4, 0.5) is 0 Å². The van der Waals surface area contributed by atoms with E-state index in [2.05, 4.69) is 21.3 Å². The van der Waals surface area contributed by atoms with Gasteiger partial charge in [-0.25, -0.2) is 4.79 Å². The first-order valence-corrected chi connectivity index (χ1v) is 16.3. The number of carboxylic acids is 1. The molecular weight excluding hydrogens is 600 g/mol. The zero-order valence-corrected chi connectivity index (χ0v) is 27.9. The lowest BCUT2D eigenvalue weighted by molar-refractivity contribution is -0.142. The fraction of sp³-hybridized carbons (Fsp3) is 0.514. The van der Waals surface area contributed by atoms with Gasteiger partial charge in [-0.15, -0.1) is 0 Å². The minimum absolute atomic E-state index is 0.00998. The molecule has 2 rings (SSSR count). The molecule has 0 saturated heterocycles. The number of rotatable bonds is 20. The third-order valence-corrected chi connectivity index (χ3v) is 7.70. The molecule has 0 aliphatic carbocycles. The summed E-state index contributed by atoms with van der Waals surface area (Å²) in [6.45, 7) is 7.67. The van der Waals surface area contributed by atoms with Crippen LogP contribution >= 0.6 is 0 Å². The number of hydrogen-bond donors (Lipinski definition) is 7. The molecular formula is C35H52N6O6. The molecule has 0 spiro atoms. The number of benzene rings is 2. The second kappa shape index (κ2) is 20.1. The van der Waals surface area contributed by atoms with Crippen LogP contribution in [-0.2, 0) is 36.8 Å². The minimum atomic E-state index is -1.17. The largest absolute Gasteiger partial charge is 0.480 e. The molecule has 0 aliphatic heterocycles. The van der Waals surface area contributed by atoms with Crippen molar-refractivity contribution in [2.24, 2.45) is 23.3 Å². The standard InChI is InChI=1S/C35H52N6O6/c1-22(2)19-28(32(43)38-27(35(46)47)17-11-12-18-36)40-34(45)30(23(3)4)41-33(44)29(21-25-15-9-6-10-16-25)39-31(42)26(37)20-24-13-7-5-8-14-24/h5-10,13-16,22-23,26-30H,11-12,17-21,36-37H2,1-4H3,(H,38,43)(H,39,42)(H,40,45)(H,41,44)(H,46,47)/t26-,27-,28-,29-,30-/m0/s1. The number of hydrogen-bond acceptors (Lipinski definition) is 7. The van der Waals surface area contributed by atoms with Gasteiger partial charge in [0.25, 0.3) is 0 Å². The van der Waals surface area contributed by atoms with Crippen molar-refractivity contribution in [2.45, 2.75) is 96.4 Å². The van der Waals surface area contributed by atoms with Crippen LogP contribution in [-0.4, -0.2) is 71.5 Å². The Morgan fingerprint density at radius 2 is 1.17 bits per heavy atom. The highest BCUT2D eigenvalue weighted by atomic mass is 16.4. The molecule has 2 aromatic rings. The molecule has 0 unspecified atom stereocenters. The number of carbonyl (C=O) groups is 5. The van der Waals surface area contributed by atoms with Crippen LogP contribution in [0.3, 0.4) is 0 Å². The van der Waals surface area contributed by atoms with Gasteiger partial charge in [0.2, 0.25) is 23.6 Å². The normalized spacial score (nSPS) is 14.4. The van der Waals surface area contributed by atoms with Crippen LogP contribution in [0, 0.1) is 11.8 Å². The molecule has 4 amide bonds. The first kappa shape index (κ1) is 38.9. The monoisotopic (exact) mass is 652 g/mol. The topological polar surface area (TPSA) is 206 Å². The Balaban J connectivity index is 2.21. The van der Waals surface area contributed by atoms with Gasteiger partial charge in [-0.2, -0.15) is 0 Å². The summed E-state index contributed by atoms with van der Waals surface area (Å²) >= 11 is 0. The van der Waals surface area contributed by atoms with Crippen LogP contribution in [0.1, 0.15) is 64.5 Å². The van der Waals surface area contributed by atoms with Gasteiger partial charge in [-0.3, -0.25) is 19.2 Å². The smallest absolute Gasteiger partial charge is 0.326 e. The van der Waals surface area contributed by atoms with E-state index < -0.39 is 65.7 Å². The molecule has 0 bridgehead atoms. The maximum atomic E-state index is 13.7. The van der Waals surface area contributed by atoms with E-state index in [-0.39, 0.29) is 31.6 Å². The number of aliphatic carboxylic acids is 1. The zero-order chi connectivity index (χ0) is 34.9. The van der Waals surface area contributed by atoms with Crippen LogP contribution in [0.5, 0.6) is 0 Å². The molecule has 0 fully saturated rings. The molecule has 47 heavy (non-hydrogen) atoms. The third kappa shape index (κ3) is 13.9. The Bertz CT molecular complexity index is 1290. The number of unbranched alkanes of at least 4 members (excludes halogenated alkanes) is 1. The number of amides is 4. The van der Waals surface area contributed by atoms with Gasteiger partial charge in [0, 0.05) is 6.42 Å². The number of nitrogens with one attached hydrogen (secondary N) is 4. The molecule has 0 saturated carbocycles. The lowest BCUT2D eigenvalue weighted by Crippen LogP contribution is -2.60. The van der Waals surface area contributed by atoms with E-state index in [1.54, 1.807) is 13.8 Å². The lowest BCUT2D eigenvalue weighted by Gasteiger charge is -2.28. The van der Waals surface area contributed by atoms with E-state index in [9.17, 15) is 29.1 Å². The maximum Gasteiger partial charge on any atom is 0.326 e. The van der Waals surface area contributed by atoms with Gasteiger partial charge in [0.15, 0.2) is 0 Å². The summed E-state index contributed by atoms with van der Waals surface area (Å²) in [7, 11) is 0. The Kier molecular flexibility index (Phi) is 16.6. The predicted molar refractivity (Wildman–Crippen MR) is 181 cm³/mol. The molecule has 9 N–H and O–H groups in total. The summed E-state index contributed by atoms with van der Waals surface area (Å²) in [6, 6.07) is 13.3. The van der Waals surface area contributed by atoms with E-state index in [0.29, 0.717) is 19.4 Å². The summed E-state index contributed by atoms with van der Waals surface area (Å²) < 4.78 is 0. The molecule has 12 heteroatoms. The van der Waals surface area contributed by atoms with Gasteiger partial charge in [0.05, 0.1) is 6.04 Å². The molecule has 12 nitrogen and oxygen atoms in total. The number of carboxylic acid groups (broad SMARTS) is 1. The van der Waals surface area contributed by atoms with Gasteiger partial charge < -0.3 is 37.8 Å². The lowest BCUT2D eigenvalue weighted by atomic mass is 9.98. The highest BCUT2D eigenvalue weighted by Gasteiger charge is 2.33. The first-order chi connectivity index (χ1) is 22.3. The average Bonchev–Trinajstić information content (AvgIpc) is 3.02. The first-order valence-electron chi connectivity index (χ1n) is 16.3. The summed E-state index contributed by atoms with van der Waals surface area (Å²) in [5.41, 5.74) is 13.4. The molecule has 0 radical (unpaired) electrons. The maximum absolute atomic E-state index is 13.7. The van der Waals surface area contributed by atoms with Crippen molar-refractivity contribution in [1.82, 2.24) is 21.3 Å². The fourth-order valence-corrected chi connectivity index (χ4v) is 5.07. The molecule has 0 aromatic heterocycles. The molecule has 0 heterocycles. The van der Waals surface area contributed by atoms with Gasteiger partial charge in [0.1, 0.15) is 24.2 Å². The van der Waals surface area contributed by atoms with E-state index in [0.717, 1.165) is 11.1 Å². The Hall–Kier alpha value is -4.29. The molecule has 2 aromatic carbocycles. The van der Waals surface area contributed by atoms with Gasteiger partial charge >= 0.3 is 5.97 Å². The summed E-state index contributed by atoms with van der Waals surface area (Å²) in [5.74, 6) is -3.89. The minimum Gasteiger partial charge on any atom is -0.480 e. The third-order valence-electron chi connectivity index (χ3n) is 7.70. The average molecular weight is 653 g/mol. The molecule has 0 aliphatic rings. The fourth-order valence-electron chi connectivity index (χ4n) is 5.07. The number of carbonyl (C=O) groups excluding carboxylic acids is 4. The van der Waals surface area contributed by atoms with Crippen molar-refractivity contribution < 1.29 is 29.1 Å².